The van der Waals surface area contributed by atoms with Crippen LogP contribution < -0.4 is 5.32 Å². The van der Waals surface area contributed by atoms with Gasteiger partial charge in [-0.15, -0.1) is 0 Å². The Balaban J connectivity index is 2.33. The van der Waals surface area contributed by atoms with E-state index in [1.165, 1.54) is 0 Å². The van der Waals surface area contributed by atoms with E-state index in [0.29, 0.717) is 6.04 Å². The first-order chi connectivity index (χ1) is 8.99. The van der Waals surface area contributed by atoms with Gasteiger partial charge in [-0.2, -0.15) is 5.10 Å². The lowest BCUT2D eigenvalue weighted by atomic mass is 10.0. The van der Waals surface area contributed by atoms with E-state index in [0.717, 1.165) is 34.0 Å². The predicted molar refractivity (Wildman–Crippen MR) is 80.4 cm³/mol. The molecule has 0 spiro atoms. The SMILES string of the molecule is Cc1c(-c2ccc(Cl)c(CNC(C)C)c2)cnn1C. The molecule has 4 heteroatoms. The topological polar surface area (TPSA) is 29.9 Å². The minimum atomic E-state index is 0.444. The van der Waals surface area contributed by atoms with Gasteiger partial charge in [0.05, 0.1) is 6.20 Å². The Labute approximate surface area is 119 Å². The Morgan fingerprint density at radius 1 is 1.37 bits per heavy atom. The number of hydrogen-bond acceptors (Lipinski definition) is 2. The average Bonchev–Trinajstić information content (AvgIpc) is 2.69. The van der Waals surface area contributed by atoms with Gasteiger partial charge in [0.25, 0.3) is 0 Å². The van der Waals surface area contributed by atoms with Crippen molar-refractivity contribution in [2.45, 2.75) is 33.4 Å². The molecule has 0 aliphatic heterocycles. The van der Waals surface area contributed by atoms with E-state index in [1.54, 1.807) is 0 Å². The van der Waals surface area contributed by atoms with Crippen molar-refractivity contribution in [2.24, 2.45) is 7.05 Å². The maximum absolute atomic E-state index is 6.25. The van der Waals surface area contributed by atoms with Crippen LogP contribution >= 0.6 is 11.6 Å². The lowest BCUT2D eigenvalue weighted by Gasteiger charge is -2.11. The van der Waals surface area contributed by atoms with Crippen LogP contribution in [0.3, 0.4) is 0 Å². The van der Waals surface area contributed by atoms with Crippen LogP contribution in [-0.4, -0.2) is 15.8 Å². The van der Waals surface area contributed by atoms with E-state index < -0.39 is 0 Å². The molecule has 0 atom stereocenters. The second kappa shape index (κ2) is 5.76. The van der Waals surface area contributed by atoms with E-state index in [1.807, 2.05) is 30.1 Å². The van der Waals surface area contributed by atoms with Crippen molar-refractivity contribution < 1.29 is 0 Å². The van der Waals surface area contributed by atoms with Gasteiger partial charge >= 0.3 is 0 Å². The minimum absolute atomic E-state index is 0.444. The molecule has 0 fully saturated rings. The van der Waals surface area contributed by atoms with E-state index in [4.69, 9.17) is 11.6 Å². The average molecular weight is 278 g/mol. The fraction of sp³-hybridized carbons (Fsp3) is 0.400. The number of nitrogens with one attached hydrogen (secondary N) is 1. The second-order valence-corrected chi connectivity index (χ2v) is 5.52. The molecule has 19 heavy (non-hydrogen) atoms. The van der Waals surface area contributed by atoms with Crippen molar-refractivity contribution in [3.63, 3.8) is 0 Å². The number of rotatable bonds is 4. The number of benzene rings is 1. The van der Waals surface area contributed by atoms with Crippen LogP contribution in [0.25, 0.3) is 11.1 Å². The van der Waals surface area contributed by atoms with Gasteiger partial charge in [-0.1, -0.05) is 31.5 Å². The van der Waals surface area contributed by atoms with Gasteiger partial charge in [-0.05, 0) is 30.2 Å². The molecular weight excluding hydrogens is 258 g/mol. The molecule has 1 aromatic heterocycles. The maximum atomic E-state index is 6.25. The number of aryl methyl sites for hydroxylation is 1. The Morgan fingerprint density at radius 3 is 2.68 bits per heavy atom. The third-order valence-electron chi connectivity index (χ3n) is 3.29. The highest BCUT2D eigenvalue weighted by atomic mass is 35.5. The maximum Gasteiger partial charge on any atom is 0.0571 e. The molecule has 3 nitrogen and oxygen atoms in total. The molecule has 0 unspecified atom stereocenters. The molecule has 1 heterocycles. The Morgan fingerprint density at radius 2 is 2.11 bits per heavy atom. The number of hydrogen-bond donors (Lipinski definition) is 1. The lowest BCUT2D eigenvalue weighted by molar-refractivity contribution is 0.589. The summed E-state index contributed by atoms with van der Waals surface area (Å²) in [5.41, 5.74) is 4.60. The van der Waals surface area contributed by atoms with Crippen molar-refractivity contribution in [3.8, 4) is 11.1 Å². The fourth-order valence-electron chi connectivity index (χ4n) is 1.97. The zero-order valence-corrected chi connectivity index (χ0v) is 12.6. The molecule has 1 aromatic carbocycles. The van der Waals surface area contributed by atoms with Gasteiger partial charge in [0.15, 0.2) is 0 Å². The molecule has 0 saturated heterocycles. The zero-order chi connectivity index (χ0) is 14.0. The fourth-order valence-corrected chi connectivity index (χ4v) is 2.16. The second-order valence-electron chi connectivity index (χ2n) is 5.11. The van der Waals surface area contributed by atoms with Crippen molar-refractivity contribution in [3.05, 3.63) is 40.7 Å². The molecule has 0 amide bonds. The van der Waals surface area contributed by atoms with Crippen molar-refractivity contribution in [1.29, 1.82) is 0 Å². The molecule has 2 rings (SSSR count). The molecule has 102 valence electrons. The summed E-state index contributed by atoms with van der Waals surface area (Å²) in [7, 11) is 1.95. The third kappa shape index (κ3) is 3.17. The zero-order valence-electron chi connectivity index (χ0n) is 11.9. The Kier molecular flexibility index (Phi) is 4.27. The summed E-state index contributed by atoms with van der Waals surface area (Å²) >= 11 is 6.25. The highest BCUT2D eigenvalue weighted by Crippen LogP contribution is 2.27. The smallest absolute Gasteiger partial charge is 0.0571 e. The van der Waals surface area contributed by atoms with Crippen LogP contribution in [0.2, 0.25) is 5.02 Å². The van der Waals surface area contributed by atoms with Crippen molar-refractivity contribution >= 4 is 11.6 Å². The molecule has 0 radical (unpaired) electrons. The lowest BCUT2D eigenvalue weighted by Crippen LogP contribution is -2.21. The van der Waals surface area contributed by atoms with Gasteiger partial charge in [0.2, 0.25) is 0 Å². The van der Waals surface area contributed by atoms with E-state index >= 15 is 0 Å². The molecule has 0 saturated carbocycles. The van der Waals surface area contributed by atoms with Crippen LogP contribution in [0.5, 0.6) is 0 Å². The summed E-state index contributed by atoms with van der Waals surface area (Å²) in [6.07, 6.45) is 1.90. The molecule has 0 aliphatic rings. The number of nitrogens with zero attached hydrogens (tertiary/aromatic N) is 2. The molecular formula is C15H20ClN3. The van der Waals surface area contributed by atoms with Gasteiger partial charge in [0.1, 0.15) is 0 Å². The first-order valence-corrected chi connectivity index (χ1v) is 6.87. The minimum Gasteiger partial charge on any atom is -0.310 e. The largest absolute Gasteiger partial charge is 0.310 e. The molecule has 1 N–H and O–H groups in total. The standard InChI is InChI=1S/C15H20ClN3/c1-10(2)17-8-13-7-12(5-6-15(13)16)14-9-18-19(4)11(14)3/h5-7,9-10,17H,8H2,1-4H3. The summed E-state index contributed by atoms with van der Waals surface area (Å²) < 4.78 is 1.88. The van der Waals surface area contributed by atoms with Crippen LogP contribution in [0.1, 0.15) is 25.1 Å². The molecule has 0 aliphatic carbocycles. The Hall–Kier alpha value is -1.32. The first-order valence-electron chi connectivity index (χ1n) is 6.50. The summed E-state index contributed by atoms with van der Waals surface area (Å²) in [5, 5.41) is 8.49. The van der Waals surface area contributed by atoms with Crippen LogP contribution in [-0.2, 0) is 13.6 Å². The van der Waals surface area contributed by atoms with E-state index in [2.05, 4.69) is 37.3 Å². The summed E-state index contributed by atoms with van der Waals surface area (Å²) in [6, 6.07) is 6.59. The van der Waals surface area contributed by atoms with E-state index in [-0.39, 0.29) is 0 Å². The van der Waals surface area contributed by atoms with Crippen molar-refractivity contribution in [2.75, 3.05) is 0 Å². The summed E-state index contributed by atoms with van der Waals surface area (Å²) in [4.78, 5) is 0. The third-order valence-corrected chi connectivity index (χ3v) is 3.66. The number of aromatic nitrogens is 2. The van der Waals surface area contributed by atoms with Gasteiger partial charge < -0.3 is 5.32 Å². The highest BCUT2D eigenvalue weighted by Gasteiger charge is 2.09. The van der Waals surface area contributed by atoms with Gasteiger partial charge in [-0.3, -0.25) is 4.68 Å². The Bertz CT molecular complexity index is 573. The van der Waals surface area contributed by atoms with Crippen LogP contribution in [0.15, 0.2) is 24.4 Å². The first kappa shape index (κ1) is 14.1. The van der Waals surface area contributed by atoms with Crippen LogP contribution in [0, 0.1) is 6.92 Å². The number of halogens is 1. The predicted octanol–water partition coefficient (Wildman–Crippen LogP) is 3.55. The molecule has 2 aromatic rings. The van der Waals surface area contributed by atoms with Gasteiger partial charge in [-0.25, -0.2) is 0 Å². The monoisotopic (exact) mass is 277 g/mol. The quantitative estimate of drug-likeness (QED) is 0.926. The highest BCUT2D eigenvalue weighted by molar-refractivity contribution is 6.31. The normalized spacial score (nSPS) is 11.3. The van der Waals surface area contributed by atoms with Gasteiger partial charge in [0, 0.05) is 35.9 Å². The van der Waals surface area contributed by atoms with E-state index in [9.17, 15) is 0 Å². The molecule has 0 bridgehead atoms. The summed E-state index contributed by atoms with van der Waals surface area (Å²) in [5.74, 6) is 0. The summed E-state index contributed by atoms with van der Waals surface area (Å²) in [6.45, 7) is 7.11. The van der Waals surface area contributed by atoms with Crippen LogP contribution in [0.4, 0.5) is 0 Å². The van der Waals surface area contributed by atoms with Crippen molar-refractivity contribution in [1.82, 2.24) is 15.1 Å².